The molecule has 0 spiro atoms. The molecule has 0 amide bonds. The normalized spacial score (nSPS) is 25.9. The summed E-state index contributed by atoms with van der Waals surface area (Å²) < 4.78 is 12.9. The lowest BCUT2D eigenvalue weighted by molar-refractivity contribution is 0.147. The molecule has 2 N–H and O–H groups in total. The van der Waals surface area contributed by atoms with Gasteiger partial charge in [0.1, 0.15) is 5.82 Å². The van der Waals surface area contributed by atoms with E-state index in [1.807, 2.05) is 12.1 Å². The second kappa shape index (κ2) is 6.30. The van der Waals surface area contributed by atoms with Crippen LogP contribution in [0.4, 0.5) is 4.39 Å². The molecule has 18 heavy (non-hydrogen) atoms. The predicted octanol–water partition coefficient (Wildman–Crippen LogP) is 3.03. The van der Waals surface area contributed by atoms with Crippen LogP contribution in [0, 0.1) is 11.7 Å². The van der Waals surface area contributed by atoms with Gasteiger partial charge in [-0.25, -0.2) is 4.39 Å². The number of hydrogen-bond acceptors (Lipinski definition) is 2. The first-order chi connectivity index (χ1) is 8.70. The second-order valence-electron chi connectivity index (χ2n) is 5.27. The highest BCUT2D eigenvalue weighted by Gasteiger charge is 2.25. The first-order valence-corrected chi connectivity index (χ1v) is 6.83. The minimum absolute atomic E-state index is 0.197. The minimum Gasteiger partial charge on any atom is -0.396 e. The molecule has 100 valence electrons. The van der Waals surface area contributed by atoms with Gasteiger partial charge in [0.25, 0.3) is 0 Å². The lowest BCUT2D eigenvalue weighted by Gasteiger charge is -2.33. The monoisotopic (exact) mass is 251 g/mol. The van der Waals surface area contributed by atoms with Crippen LogP contribution in [0.5, 0.6) is 0 Å². The molecule has 1 aliphatic rings. The molecule has 1 saturated carbocycles. The van der Waals surface area contributed by atoms with Crippen LogP contribution in [0.2, 0.25) is 0 Å². The summed E-state index contributed by atoms with van der Waals surface area (Å²) in [7, 11) is 0. The van der Waals surface area contributed by atoms with Crippen LogP contribution in [-0.2, 0) is 0 Å². The van der Waals surface area contributed by atoms with Crippen molar-refractivity contribution < 1.29 is 9.50 Å². The Morgan fingerprint density at radius 1 is 1.28 bits per heavy atom. The SMILES string of the molecule is CC(NC1CCCCC1CO)c1ccc(F)cc1. The number of nitrogens with one attached hydrogen (secondary N) is 1. The molecule has 0 bridgehead atoms. The third-order valence-electron chi connectivity index (χ3n) is 3.98. The number of benzene rings is 1. The fourth-order valence-electron chi connectivity index (χ4n) is 2.81. The van der Waals surface area contributed by atoms with Crippen molar-refractivity contribution >= 4 is 0 Å². The van der Waals surface area contributed by atoms with Gasteiger partial charge < -0.3 is 10.4 Å². The Labute approximate surface area is 108 Å². The van der Waals surface area contributed by atoms with Gasteiger partial charge in [-0.15, -0.1) is 0 Å². The van der Waals surface area contributed by atoms with Crippen molar-refractivity contribution in [3.05, 3.63) is 35.6 Å². The second-order valence-corrected chi connectivity index (χ2v) is 5.27. The van der Waals surface area contributed by atoms with Gasteiger partial charge in [-0.05, 0) is 43.4 Å². The Balaban J connectivity index is 1.97. The van der Waals surface area contributed by atoms with Crippen LogP contribution in [0.3, 0.4) is 0 Å². The molecule has 1 aromatic carbocycles. The summed E-state index contributed by atoms with van der Waals surface area (Å²) in [6, 6.07) is 7.22. The van der Waals surface area contributed by atoms with E-state index in [4.69, 9.17) is 0 Å². The highest BCUT2D eigenvalue weighted by atomic mass is 19.1. The number of rotatable bonds is 4. The van der Waals surface area contributed by atoms with Gasteiger partial charge in [0.2, 0.25) is 0 Å². The average Bonchev–Trinajstić information content (AvgIpc) is 2.40. The van der Waals surface area contributed by atoms with Crippen molar-refractivity contribution in [2.45, 2.75) is 44.7 Å². The summed E-state index contributed by atoms with van der Waals surface area (Å²) in [5, 5.41) is 13.0. The first kappa shape index (κ1) is 13.5. The molecular formula is C15H22FNO. The third-order valence-corrected chi connectivity index (χ3v) is 3.98. The fourth-order valence-corrected chi connectivity index (χ4v) is 2.81. The molecule has 0 aromatic heterocycles. The van der Waals surface area contributed by atoms with Crippen molar-refractivity contribution in [3.63, 3.8) is 0 Å². The number of aliphatic hydroxyl groups is 1. The Hall–Kier alpha value is -0.930. The van der Waals surface area contributed by atoms with Gasteiger partial charge >= 0.3 is 0 Å². The number of halogens is 1. The molecular weight excluding hydrogens is 229 g/mol. The van der Waals surface area contributed by atoms with E-state index >= 15 is 0 Å². The van der Waals surface area contributed by atoms with Gasteiger partial charge in [-0.2, -0.15) is 0 Å². The van der Waals surface area contributed by atoms with Crippen LogP contribution < -0.4 is 5.32 Å². The molecule has 2 nitrogen and oxygen atoms in total. The molecule has 1 aromatic rings. The minimum atomic E-state index is -0.197. The lowest BCUT2D eigenvalue weighted by atomic mass is 9.84. The molecule has 1 aliphatic carbocycles. The smallest absolute Gasteiger partial charge is 0.123 e. The molecule has 0 saturated heterocycles. The van der Waals surface area contributed by atoms with E-state index < -0.39 is 0 Å². The zero-order chi connectivity index (χ0) is 13.0. The standard InChI is InChI=1S/C15H22FNO/c1-11(12-6-8-14(16)9-7-12)17-15-5-3-2-4-13(15)10-18/h6-9,11,13,15,17-18H,2-5,10H2,1H3. The maximum absolute atomic E-state index is 12.9. The average molecular weight is 251 g/mol. The Morgan fingerprint density at radius 2 is 1.94 bits per heavy atom. The van der Waals surface area contributed by atoms with E-state index in [9.17, 15) is 9.50 Å². The first-order valence-electron chi connectivity index (χ1n) is 6.83. The molecule has 0 aliphatic heterocycles. The number of aliphatic hydroxyl groups excluding tert-OH is 1. The van der Waals surface area contributed by atoms with E-state index in [0.29, 0.717) is 12.0 Å². The van der Waals surface area contributed by atoms with Crippen LogP contribution in [-0.4, -0.2) is 17.8 Å². The lowest BCUT2D eigenvalue weighted by Crippen LogP contribution is -2.41. The quantitative estimate of drug-likeness (QED) is 0.862. The summed E-state index contributed by atoms with van der Waals surface area (Å²) in [6.45, 7) is 2.35. The van der Waals surface area contributed by atoms with Gasteiger partial charge in [-0.1, -0.05) is 25.0 Å². The third kappa shape index (κ3) is 3.30. The van der Waals surface area contributed by atoms with Gasteiger partial charge in [0.05, 0.1) is 0 Å². The van der Waals surface area contributed by atoms with E-state index in [0.717, 1.165) is 18.4 Å². The summed E-state index contributed by atoms with van der Waals surface area (Å²) >= 11 is 0. The van der Waals surface area contributed by atoms with Gasteiger partial charge in [0.15, 0.2) is 0 Å². The molecule has 0 heterocycles. The summed E-state index contributed by atoms with van der Waals surface area (Å²) in [6.07, 6.45) is 4.67. The Bertz CT molecular complexity index is 365. The maximum Gasteiger partial charge on any atom is 0.123 e. The van der Waals surface area contributed by atoms with E-state index in [2.05, 4.69) is 12.2 Å². The van der Waals surface area contributed by atoms with E-state index in [1.165, 1.54) is 25.0 Å². The Kier molecular flexibility index (Phi) is 4.72. The predicted molar refractivity (Wildman–Crippen MR) is 70.8 cm³/mol. The number of hydrogen-bond donors (Lipinski definition) is 2. The van der Waals surface area contributed by atoms with Crippen LogP contribution in [0.15, 0.2) is 24.3 Å². The van der Waals surface area contributed by atoms with E-state index in [-0.39, 0.29) is 18.5 Å². The van der Waals surface area contributed by atoms with Crippen molar-refractivity contribution in [2.24, 2.45) is 5.92 Å². The van der Waals surface area contributed by atoms with Crippen LogP contribution in [0.1, 0.15) is 44.2 Å². The van der Waals surface area contributed by atoms with E-state index in [1.54, 1.807) is 0 Å². The largest absolute Gasteiger partial charge is 0.396 e. The summed E-state index contributed by atoms with van der Waals surface area (Å²) in [5.74, 6) is 0.165. The van der Waals surface area contributed by atoms with Gasteiger partial charge in [0, 0.05) is 18.7 Å². The van der Waals surface area contributed by atoms with Crippen LogP contribution in [0.25, 0.3) is 0 Å². The summed E-state index contributed by atoms with van der Waals surface area (Å²) in [5.41, 5.74) is 1.10. The molecule has 3 heteroatoms. The summed E-state index contributed by atoms with van der Waals surface area (Å²) in [4.78, 5) is 0. The maximum atomic E-state index is 12.9. The van der Waals surface area contributed by atoms with Crippen LogP contribution >= 0.6 is 0 Å². The fraction of sp³-hybridized carbons (Fsp3) is 0.600. The molecule has 3 unspecified atom stereocenters. The zero-order valence-corrected chi connectivity index (χ0v) is 10.9. The Morgan fingerprint density at radius 3 is 2.61 bits per heavy atom. The van der Waals surface area contributed by atoms with Crippen molar-refractivity contribution in [2.75, 3.05) is 6.61 Å². The highest BCUT2D eigenvalue weighted by Crippen LogP contribution is 2.26. The topological polar surface area (TPSA) is 32.3 Å². The molecule has 2 rings (SSSR count). The van der Waals surface area contributed by atoms with Crippen molar-refractivity contribution in [1.82, 2.24) is 5.32 Å². The van der Waals surface area contributed by atoms with Crippen molar-refractivity contribution in [3.8, 4) is 0 Å². The molecule has 1 fully saturated rings. The highest BCUT2D eigenvalue weighted by molar-refractivity contribution is 5.19. The van der Waals surface area contributed by atoms with Crippen molar-refractivity contribution in [1.29, 1.82) is 0 Å². The molecule has 3 atom stereocenters. The van der Waals surface area contributed by atoms with Gasteiger partial charge in [-0.3, -0.25) is 0 Å². The molecule has 0 radical (unpaired) electrons. The zero-order valence-electron chi connectivity index (χ0n) is 10.9.